The molecule has 1 heterocycles. The van der Waals surface area contributed by atoms with E-state index >= 15 is 0 Å². The summed E-state index contributed by atoms with van der Waals surface area (Å²) in [6, 6.07) is 20.9. The maximum Gasteiger partial charge on any atom is 0.261 e. The first-order chi connectivity index (χ1) is 21.2. The van der Waals surface area contributed by atoms with Crippen LogP contribution >= 0.6 is 11.8 Å². The molecule has 44 heavy (non-hydrogen) atoms. The highest BCUT2D eigenvalue weighted by molar-refractivity contribution is 7.99. The number of para-hydroxylation sites is 1. The molecule has 1 aliphatic rings. The molecule has 2 N–H and O–H groups in total. The average Bonchev–Trinajstić information content (AvgIpc) is 3.06. The van der Waals surface area contributed by atoms with Crippen molar-refractivity contribution in [1.29, 1.82) is 0 Å². The topological polar surface area (TPSA) is 77.0 Å². The van der Waals surface area contributed by atoms with Crippen molar-refractivity contribution < 1.29 is 46.1 Å². The lowest BCUT2D eigenvalue weighted by molar-refractivity contribution is -0.245. The molecule has 1 saturated heterocycles. The Morgan fingerprint density at radius 2 is 1.48 bits per heavy atom. The summed E-state index contributed by atoms with van der Waals surface area (Å²) in [5.41, 5.74) is 0.648. The fourth-order valence-electron chi connectivity index (χ4n) is 4.66. The molecule has 0 aromatic heterocycles. The number of methoxy groups -OCH3 is 1. The zero-order valence-electron chi connectivity index (χ0n) is 23.2. The molecular formula is C32H26F5NO5S. The van der Waals surface area contributed by atoms with E-state index in [0.717, 1.165) is 21.8 Å². The SMILES string of the molecule is COc1ccccc1SC[C@@H]1C[C@H](c2ccc(CO)cc2)O[C@H](c2ccc(NC(=O)c3c(F)c(F)c(F)c(F)c3F)cc2)O1. The summed E-state index contributed by atoms with van der Waals surface area (Å²) in [7, 11) is 1.60. The molecule has 6 nitrogen and oxygen atoms in total. The van der Waals surface area contributed by atoms with Crippen LogP contribution < -0.4 is 10.1 Å². The summed E-state index contributed by atoms with van der Waals surface area (Å²) >= 11 is 1.57. The number of amides is 1. The highest BCUT2D eigenvalue weighted by atomic mass is 32.2. The van der Waals surface area contributed by atoms with Gasteiger partial charge in [0.2, 0.25) is 5.82 Å². The minimum absolute atomic E-state index is 0.0397. The molecule has 0 aliphatic carbocycles. The molecule has 4 aromatic rings. The monoisotopic (exact) mass is 631 g/mol. The van der Waals surface area contributed by atoms with Crippen LogP contribution in [0.25, 0.3) is 0 Å². The van der Waals surface area contributed by atoms with Gasteiger partial charge in [-0.2, -0.15) is 0 Å². The van der Waals surface area contributed by atoms with Crippen LogP contribution in [0.3, 0.4) is 0 Å². The largest absolute Gasteiger partial charge is 0.496 e. The molecular weight excluding hydrogens is 605 g/mol. The number of nitrogens with one attached hydrogen (secondary N) is 1. The number of carbonyl (C=O) groups excluding carboxylic acids is 1. The van der Waals surface area contributed by atoms with E-state index in [1.54, 1.807) is 31.0 Å². The molecule has 0 spiro atoms. The molecule has 1 amide bonds. The number of anilines is 1. The minimum Gasteiger partial charge on any atom is -0.496 e. The summed E-state index contributed by atoms with van der Waals surface area (Å²) in [4.78, 5) is 13.4. The van der Waals surface area contributed by atoms with E-state index in [4.69, 9.17) is 14.2 Å². The molecule has 3 atom stereocenters. The van der Waals surface area contributed by atoms with Gasteiger partial charge in [-0.25, -0.2) is 22.0 Å². The van der Waals surface area contributed by atoms with Crippen LogP contribution in [0.15, 0.2) is 77.7 Å². The van der Waals surface area contributed by atoms with E-state index in [-0.39, 0.29) is 24.5 Å². The Kier molecular flexibility index (Phi) is 9.84. The second-order valence-electron chi connectivity index (χ2n) is 9.83. The van der Waals surface area contributed by atoms with Crippen molar-refractivity contribution in [3.8, 4) is 5.75 Å². The normalized spacial score (nSPS) is 18.2. The number of ether oxygens (including phenoxy) is 3. The summed E-state index contributed by atoms with van der Waals surface area (Å²) < 4.78 is 86.8. The van der Waals surface area contributed by atoms with Gasteiger partial charge in [0.15, 0.2) is 29.6 Å². The van der Waals surface area contributed by atoms with Crippen LogP contribution in [0.1, 0.15) is 45.9 Å². The molecule has 0 unspecified atom stereocenters. The molecule has 0 bridgehead atoms. The van der Waals surface area contributed by atoms with Gasteiger partial charge in [-0.3, -0.25) is 4.79 Å². The van der Waals surface area contributed by atoms with E-state index in [1.165, 1.54) is 12.1 Å². The molecule has 0 radical (unpaired) electrons. The van der Waals surface area contributed by atoms with E-state index in [1.807, 2.05) is 48.5 Å². The maximum atomic E-state index is 14.1. The lowest BCUT2D eigenvalue weighted by Crippen LogP contribution is -2.31. The van der Waals surface area contributed by atoms with Crippen molar-refractivity contribution in [3.63, 3.8) is 0 Å². The van der Waals surface area contributed by atoms with Crippen LogP contribution in [0.4, 0.5) is 27.6 Å². The van der Waals surface area contributed by atoms with E-state index in [0.29, 0.717) is 17.7 Å². The molecule has 4 aromatic carbocycles. The number of carbonyl (C=O) groups is 1. The third kappa shape index (κ3) is 6.73. The summed E-state index contributed by atoms with van der Waals surface area (Å²) in [5.74, 6) is -11.4. The Labute approximate surface area is 253 Å². The molecule has 0 saturated carbocycles. The molecule has 12 heteroatoms. The first kappa shape index (κ1) is 31.5. The van der Waals surface area contributed by atoms with Crippen molar-refractivity contribution in [2.45, 2.75) is 36.4 Å². The number of hydrogen-bond donors (Lipinski definition) is 2. The highest BCUT2D eigenvalue weighted by Crippen LogP contribution is 2.40. The Morgan fingerprint density at radius 3 is 2.11 bits per heavy atom. The van der Waals surface area contributed by atoms with Crippen LogP contribution in [-0.2, 0) is 16.1 Å². The number of aliphatic hydroxyl groups excluding tert-OH is 1. The van der Waals surface area contributed by atoms with Gasteiger partial charge in [0.1, 0.15) is 11.3 Å². The van der Waals surface area contributed by atoms with Gasteiger partial charge >= 0.3 is 0 Å². The number of aliphatic hydroxyl groups is 1. The lowest BCUT2D eigenvalue weighted by atomic mass is 10.0. The Bertz CT molecular complexity index is 1610. The maximum absolute atomic E-state index is 14.1. The molecule has 5 rings (SSSR count). The third-order valence-electron chi connectivity index (χ3n) is 6.99. The second kappa shape index (κ2) is 13.8. The number of rotatable bonds is 9. The molecule has 1 fully saturated rings. The van der Waals surface area contributed by atoms with Gasteiger partial charge in [0, 0.05) is 28.3 Å². The standard InChI is InChI=1S/C32H26F5NO5S/c1-41-22-4-2-3-5-24(22)44-16-21-14-23(18-8-6-17(15-39)7-9-18)43-32(42-21)19-10-12-20(13-11-19)38-31(40)25-26(33)28(35)30(37)29(36)27(25)34/h2-13,21,23,32,39H,14-16H2,1H3,(H,38,40)/t21-,23+,32+/m0/s1. The second-order valence-corrected chi connectivity index (χ2v) is 10.9. The predicted molar refractivity (Wildman–Crippen MR) is 153 cm³/mol. The number of hydrogen-bond acceptors (Lipinski definition) is 6. The fourth-order valence-corrected chi connectivity index (χ4v) is 5.71. The van der Waals surface area contributed by atoms with Gasteiger partial charge in [-0.05, 0) is 35.4 Å². The van der Waals surface area contributed by atoms with Crippen LogP contribution in [0.5, 0.6) is 5.75 Å². The smallest absolute Gasteiger partial charge is 0.261 e. The van der Waals surface area contributed by atoms with Crippen molar-refractivity contribution in [2.24, 2.45) is 0 Å². The van der Waals surface area contributed by atoms with Gasteiger partial charge in [-0.1, -0.05) is 48.5 Å². The Balaban J connectivity index is 1.34. The van der Waals surface area contributed by atoms with Crippen molar-refractivity contribution >= 4 is 23.4 Å². The summed E-state index contributed by atoms with van der Waals surface area (Å²) in [5, 5.41) is 11.6. The summed E-state index contributed by atoms with van der Waals surface area (Å²) in [6.07, 6.45) is -0.930. The van der Waals surface area contributed by atoms with E-state index in [2.05, 4.69) is 5.32 Å². The highest BCUT2D eigenvalue weighted by Gasteiger charge is 2.33. The molecule has 1 aliphatic heterocycles. The van der Waals surface area contributed by atoms with Crippen molar-refractivity contribution in [3.05, 3.63) is 124 Å². The molecule has 230 valence electrons. The Morgan fingerprint density at radius 1 is 0.864 bits per heavy atom. The zero-order chi connectivity index (χ0) is 31.4. The van der Waals surface area contributed by atoms with Crippen LogP contribution in [0, 0.1) is 29.1 Å². The van der Waals surface area contributed by atoms with E-state index in [9.17, 15) is 31.9 Å². The zero-order valence-corrected chi connectivity index (χ0v) is 24.0. The Hall–Kier alpha value is -3.97. The summed E-state index contributed by atoms with van der Waals surface area (Å²) in [6.45, 7) is -0.0943. The third-order valence-corrected chi connectivity index (χ3v) is 8.17. The fraction of sp³-hybridized carbons (Fsp3) is 0.219. The number of thioether (sulfide) groups is 1. The van der Waals surface area contributed by atoms with Gasteiger partial charge in [0.05, 0.1) is 25.9 Å². The first-order valence-electron chi connectivity index (χ1n) is 13.4. The van der Waals surface area contributed by atoms with Crippen LogP contribution in [0.2, 0.25) is 0 Å². The van der Waals surface area contributed by atoms with Crippen LogP contribution in [-0.4, -0.2) is 30.0 Å². The van der Waals surface area contributed by atoms with Crippen molar-refractivity contribution in [2.75, 3.05) is 18.2 Å². The van der Waals surface area contributed by atoms with E-state index < -0.39 is 46.8 Å². The first-order valence-corrected chi connectivity index (χ1v) is 14.4. The number of benzene rings is 4. The van der Waals surface area contributed by atoms with Gasteiger partial charge < -0.3 is 24.6 Å². The predicted octanol–water partition coefficient (Wildman–Crippen LogP) is 7.47. The number of halogens is 5. The lowest BCUT2D eigenvalue weighted by Gasteiger charge is -2.36. The van der Waals surface area contributed by atoms with Gasteiger partial charge in [0.25, 0.3) is 5.91 Å². The average molecular weight is 632 g/mol. The minimum atomic E-state index is -2.35. The quantitative estimate of drug-likeness (QED) is 0.0864. The van der Waals surface area contributed by atoms with Gasteiger partial charge in [-0.15, -0.1) is 11.8 Å². The van der Waals surface area contributed by atoms with Crippen molar-refractivity contribution in [1.82, 2.24) is 0 Å².